The molecule has 2 rings (SSSR count). The molecule has 1 saturated carbocycles. The maximum Gasteiger partial charge on any atom is 0.110 e. The van der Waals surface area contributed by atoms with Crippen molar-refractivity contribution < 1.29 is 4.74 Å². The minimum atomic E-state index is -0.0265. The van der Waals surface area contributed by atoms with E-state index in [1.807, 2.05) is 38.2 Å². The summed E-state index contributed by atoms with van der Waals surface area (Å²) in [4.78, 5) is 4.26. The molecule has 0 bridgehead atoms. The highest BCUT2D eigenvalue weighted by atomic mass is 16.5. The van der Waals surface area contributed by atoms with Gasteiger partial charge in [0.1, 0.15) is 5.60 Å². The molecule has 0 atom stereocenters. The van der Waals surface area contributed by atoms with Crippen LogP contribution in [0.1, 0.15) is 32.4 Å². The number of rotatable bonds is 2. The Morgan fingerprint density at radius 3 is 2.38 bits per heavy atom. The van der Waals surface area contributed by atoms with Crippen molar-refractivity contribution in [3.63, 3.8) is 0 Å². The zero-order valence-electron chi connectivity index (χ0n) is 8.58. The molecule has 0 aromatic carbocycles. The molecule has 1 aromatic heterocycles. The number of nitrogens with zero attached hydrogens (tertiary/aromatic N) is 1. The first kappa shape index (κ1) is 10.2. The first-order valence-corrected chi connectivity index (χ1v) is 4.84. The monoisotopic (exact) mass is 179 g/mol. The van der Waals surface area contributed by atoms with Crippen LogP contribution >= 0.6 is 0 Å². The van der Waals surface area contributed by atoms with Crippen LogP contribution in [0.5, 0.6) is 0 Å². The summed E-state index contributed by atoms with van der Waals surface area (Å²) in [5, 5.41) is 0. The van der Waals surface area contributed by atoms with Crippen LogP contribution in [0, 0.1) is 0 Å². The highest BCUT2D eigenvalue weighted by molar-refractivity contribution is 5.19. The molecule has 13 heavy (non-hydrogen) atoms. The maximum atomic E-state index is 5.37. The number of hydrogen-bond donors (Lipinski definition) is 0. The largest absolute Gasteiger partial charge is 0.372 e. The zero-order valence-corrected chi connectivity index (χ0v) is 8.58. The van der Waals surface area contributed by atoms with Crippen molar-refractivity contribution in [2.24, 2.45) is 0 Å². The van der Waals surface area contributed by atoms with Gasteiger partial charge in [-0.2, -0.15) is 0 Å². The fourth-order valence-corrected chi connectivity index (χ4v) is 1.31. The van der Waals surface area contributed by atoms with Gasteiger partial charge in [-0.05, 0) is 25.0 Å². The third-order valence-corrected chi connectivity index (χ3v) is 2.23. The van der Waals surface area contributed by atoms with Crippen molar-refractivity contribution in [3.05, 3.63) is 30.1 Å². The molecule has 0 unspecified atom stereocenters. The van der Waals surface area contributed by atoms with E-state index in [0.717, 1.165) is 18.5 Å². The Bertz CT molecular complexity index is 242. The highest BCUT2D eigenvalue weighted by Gasteiger charge is 2.45. The number of aromatic nitrogens is 1. The van der Waals surface area contributed by atoms with E-state index in [1.165, 1.54) is 0 Å². The lowest BCUT2D eigenvalue weighted by atomic mass is 10.2. The molecule has 1 fully saturated rings. The Morgan fingerprint density at radius 1 is 1.31 bits per heavy atom. The molecule has 0 N–H and O–H groups in total. The predicted molar refractivity (Wildman–Crippen MR) is 53.5 cm³/mol. The van der Waals surface area contributed by atoms with Crippen molar-refractivity contribution in [1.82, 2.24) is 4.98 Å². The van der Waals surface area contributed by atoms with Gasteiger partial charge in [0.25, 0.3) is 0 Å². The minimum Gasteiger partial charge on any atom is -0.372 e. The van der Waals surface area contributed by atoms with E-state index >= 15 is 0 Å². The second-order valence-corrected chi connectivity index (χ2v) is 2.91. The van der Waals surface area contributed by atoms with Gasteiger partial charge < -0.3 is 4.74 Å². The second kappa shape index (κ2) is 4.38. The van der Waals surface area contributed by atoms with Crippen molar-refractivity contribution in [2.45, 2.75) is 32.3 Å². The zero-order chi connectivity index (χ0) is 9.73. The van der Waals surface area contributed by atoms with Crippen molar-refractivity contribution in [1.29, 1.82) is 0 Å². The maximum absolute atomic E-state index is 5.37. The van der Waals surface area contributed by atoms with Crippen LogP contribution < -0.4 is 0 Å². The summed E-state index contributed by atoms with van der Waals surface area (Å²) in [7, 11) is 1.75. The summed E-state index contributed by atoms with van der Waals surface area (Å²) in [5.41, 5.74) is 1.05. The Morgan fingerprint density at radius 2 is 2.00 bits per heavy atom. The van der Waals surface area contributed by atoms with Crippen LogP contribution in [0.2, 0.25) is 0 Å². The summed E-state index contributed by atoms with van der Waals surface area (Å²) in [6, 6.07) is 5.95. The molecule has 1 aliphatic carbocycles. The van der Waals surface area contributed by atoms with Crippen LogP contribution in [-0.2, 0) is 10.3 Å². The van der Waals surface area contributed by atoms with Gasteiger partial charge in [0, 0.05) is 13.3 Å². The second-order valence-electron chi connectivity index (χ2n) is 2.91. The molecule has 0 saturated heterocycles. The summed E-state index contributed by atoms with van der Waals surface area (Å²) in [6.07, 6.45) is 4.04. The first-order valence-electron chi connectivity index (χ1n) is 4.84. The molecule has 0 radical (unpaired) electrons. The third kappa shape index (κ3) is 2.07. The van der Waals surface area contributed by atoms with Crippen molar-refractivity contribution in [2.75, 3.05) is 7.11 Å². The molecule has 1 aliphatic rings. The van der Waals surface area contributed by atoms with Gasteiger partial charge in [-0.25, -0.2) is 0 Å². The summed E-state index contributed by atoms with van der Waals surface area (Å²) in [5.74, 6) is 0. The quantitative estimate of drug-likeness (QED) is 0.696. The fourth-order valence-electron chi connectivity index (χ4n) is 1.31. The SMILES string of the molecule is CC.COC1(c2ccccn2)CC1. The number of ether oxygens (including phenoxy) is 1. The average Bonchev–Trinajstić information content (AvgIpc) is 3.03. The van der Waals surface area contributed by atoms with E-state index in [2.05, 4.69) is 4.98 Å². The predicted octanol–water partition coefficient (Wildman–Crippen LogP) is 2.74. The Hall–Kier alpha value is -0.890. The van der Waals surface area contributed by atoms with Crippen LogP contribution in [0.15, 0.2) is 24.4 Å². The average molecular weight is 179 g/mol. The molecule has 0 spiro atoms. The molecule has 0 aliphatic heterocycles. The summed E-state index contributed by atoms with van der Waals surface area (Å²) < 4.78 is 5.37. The van der Waals surface area contributed by atoms with E-state index in [4.69, 9.17) is 4.74 Å². The van der Waals surface area contributed by atoms with Crippen molar-refractivity contribution in [3.8, 4) is 0 Å². The Balaban J connectivity index is 0.000000396. The smallest absolute Gasteiger partial charge is 0.110 e. The van der Waals surface area contributed by atoms with Crippen molar-refractivity contribution >= 4 is 0 Å². The topological polar surface area (TPSA) is 22.1 Å². The van der Waals surface area contributed by atoms with Gasteiger partial charge in [0.2, 0.25) is 0 Å². The molecular weight excluding hydrogens is 162 g/mol. The highest BCUT2D eigenvalue weighted by Crippen LogP contribution is 2.47. The Labute approximate surface area is 80.0 Å². The van der Waals surface area contributed by atoms with Crippen LogP contribution in [-0.4, -0.2) is 12.1 Å². The molecule has 72 valence electrons. The molecule has 2 nitrogen and oxygen atoms in total. The van der Waals surface area contributed by atoms with Crippen LogP contribution in [0.25, 0.3) is 0 Å². The lowest BCUT2D eigenvalue weighted by Gasteiger charge is -2.10. The van der Waals surface area contributed by atoms with Crippen LogP contribution in [0.3, 0.4) is 0 Å². The lowest BCUT2D eigenvalue weighted by Crippen LogP contribution is -2.10. The first-order chi connectivity index (χ1) is 6.37. The van der Waals surface area contributed by atoms with Gasteiger partial charge in [-0.15, -0.1) is 0 Å². The van der Waals surface area contributed by atoms with Gasteiger partial charge in [-0.1, -0.05) is 19.9 Å². The van der Waals surface area contributed by atoms with Gasteiger partial charge in [-0.3, -0.25) is 4.98 Å². The molecule has 2 heteroatoms. The standard InChI is InChI=1S/C9H11NO.C2H6/c1-11-9(5-6-9)8-4-2-3-7-10-8;1-2/h2-4,7H,5-6H2,1H3;1-2H3. The van der Waals surface area contributed by atoms with Gasteiger partial charge in [0.05, 0.1) is 5.69 Å². The molecule has 1 aromatic rings. The fraction of sp³-hybridized carbons (Fsp3) is 0.545. The molecule has 1 heterocycles. The minimum absolute atomic E-state index is 0.0265. The van der Waals surface area contributed by atoms with E-state index in [0.29, 0.717) is 0 Å². The van der Waals surface area contributed by atoms with E-state index < -0.39 is 0 Å². The van der Waals surface area contributed by atoms with E-state index in [1.54, 1.807) is 7.11 Å². The van der Waals surface area contributed by atoms with E-state index in [9.17, 15) is 0 Å². The number of methoxy groups -OCH3 is 1. The third-order valence-electron chi connectivity index (χ3n) is 2.23. The summed E-state index contributed by atoms with van der Waals surface area (Å²) in [6.45, 7) is 4.00. The number of pyridine rings is 1. The molecule has 0 amide bonds. The molecular formula is C11H17NO. The van der Waals surface area contributed by atoms with Crippen LogP contribution in [0.4, 0.5) is 0 Å². The number of hydrogen-bond acceptors (Lipinski definition) is 2. The Kier molecular flexibility index (Phi) is 3.43. The normalized spacial score (nSPS) is 17.2. The summed E-state index contributed by atoms with van der Waals surface area (Å²) >= 11 is 0. The van der Waals surface area contributed by atoms with E-state index in [-0.39, 0.29) is 5.60 Å². The van der Waals surface area contributed by atoms with Gasteiger partial charge >= 0.3 is 0 Å². The van der Waals surface area contributed by atoms with Gasteiger partial charge in [0.15, 0.2) is 0 Å². The lowest BCUT2D eigenvalue weighted by molar-refractivity contribution is 0.0752.